The minimum Gasteiger partial charge on any atom is -0.337 e. The summed E-state index contributed by atoms with van der Waals surface area (Å²) in [6.45, 7) is 3.82. The highest BCUT2D eigenvalue weighted by Crippen LogP contribution is 2.18. The molecule has 0 fully saturated rings. The van der Waals surface area contributed by atoms with E-state index in [1.54, 1.807) is 36.5 Å². The summed E-state index contributed by atoms with van der Waals surface area (Å²) >= 11 is 0. The average molecular weight is 297 g/mol. The van der Waals surface area contributed by atoms with E-state index in [1.807, 2.05) is 25.1 Å². The highest BCUT2D eigenvalue weighted by Gasteiger charge is 2.14. The number of hydrogen-bond donors (Lipinski definition) is 1. The lowest BCUT2D eigenvalue weighted by Gasteiger charge is -2.18. The summed E-state index contributed by atoms with van der Waals surface area (Å²) in [6, 6.07) is 9.07. The number of nitrogens with zero attached hydrogens (tertiary/aromatic N) is 2. The van der Waals surface area contributed by atoms with Gasteiger partial charge in [-0.3, -0.25) is 14.6 Å². The van der Waals surface area contributed by atoms with Gasteiger partial charge < -0.3 is 10.2 Å². The highest BCUT2D eigenvalue weighted by atomic mass is 16.2. The molecule has 0 aliphatic heterocycles. The molecule has 5 nitrogen and oxygen atoms in total. The van der Waals surface area contributed by atoms with E-state index in [4.69, 9.17) is 0 Å². The first-order valence-corrected chi connectivity index (χ1v) is 7.00. The van der Waals surface area contributed by atoms with Crippen LogP contribution in [0.25, 0.3) is 0 Å². The Morgan fingerprint density at radius 1 is 1.27 bits per heavy atom. The van der Waals surface area contributed by atoms with Crippen LogP contribution in [0.15, 0.2) is 42.7 Å². The topological polar surface area (TPSA) is 62.3 Å². The molecule has 1 aromatic carbocycles. The third-order valence-corrected chi connectivity index (χ3v) is 3.28. The Morgan fingerprint density at radius 3 is 2.68 bits per heavy atom. The number of amides is 2. The van der Waals surface area contributed by atoms with Crippen LogP contribution in [0.3, 0.4) is 0 Å². The Labute approximate surface area is 130 Å². The third-order valence-electron chi connectivity index (χ3n) is 3.28. The summed E-state index contributed by atoms with van der Waals surface area (Å²) in [5.74, 6) is -0.258. The lowest BCUT2D eigenvalue weighted by atomic mass is 10.1. The zero-order chi connectivity index (χ0) is 16.1. The molecule has 0 saturated heterocycles. The monoisotopic (exact) mass is 297 g/mol. The van der Waals surface area contributed by atoms with E-state index in [1.165, 1.54) is 6.92 Å². The summed E-state index contributed by atoms with van der Waals surface area (Å²) in [5.41, 5.74) is 3.09. The molecule has 0 aliphatic carbocycles. The molecule has 114 valence electrons. The van der Waals surface area contributed by atoms with Gasteiger partial charge in [-0.2, -0.15) is 0 Å². The molecule has 5 heteroatoms. The lowest BCUT2D eigenvalue weighted by Crippen LogP contribution is -2.26. The molecule has 1 N–H and O–H groups in total. The van der Waals surface area contributed by atoms with Gasteiger partial charge in [0.15, 0.2) is 0 Å². The number of pyridine rings is 1. The molecule has 2 aromatic rings. The normalized spacial score (nSPS) is 10.1. The first kappa shape index (κ1) is 15.7. The van der Waals surface area contributed by atoms with Crippen molar-refractivity contribution in [1.29, 1.82) is 0 Å². The van der Waals surface area contributed by atoms with E-state index >= 15 is 0 Å². The van der Waals surface area contributed by atoms with E-state index in [-0.39, 0.29) is 11.8 Å². The summed E-state index contributed by atoms with van der Waals surface area (Å²) in [5, 5.41) is 2.74. The van der Waals surface area contributed by atoms with Gasteiger partial charge in [0.05, 0.1) is 0 Å². The van der Waals surface area contributed by atoms with Crippen LogP contribution in [-0.4, -0.2) is 28.7 Å². The van der Waals surface area contributed by atoms with Gasteiger partial charge in [-0.25, -0.2) is 0 Å². The summed E-state index contributed by atoms with van der Waals surface area (Å²) in [4.78, 5) is 29.4. The molecular weight excluding hydrogens is 278 g/mol. The van der Waals surface area contributed by atoms with Crippen LogP contribution >= 0.6 is 0 Å². The maximum absolute atomic E-state index is 12.5. The van der Waals surface area contributed by atoms with Crippen LogP contribution in [0, 0.1) is 6.92 Å². The Kier molecular flexibility index (Phi) is 4.88. The Hall–Kier alpha value is -2.69. The minimum absolute atomic E-state index is 0.101. The first-order valence-electron chi connectivity index (χ1n) is 7.00. The molecule has 2 rings (SSSR count). The summed E-state index contributed by atoms with van der Waals surface area (Å²) in [6.07, 6.45) is 3.44. The Morgan fingerprint density at radius 2 is 2.05 bits per heavy atom. The predicted octanol–water partition coefficient (Wildman–Crippen LogP) is 2.62. The lowest BCUT2D eigenvalue weighted by molar-refractivity contribution is -0.114. The molecule has 1 aromatic heterocycles. The highest BCUT2D eigenvalue weighted by molar-refractivity contribution is 5.97. The zero-order valence-corrected chi connectivity index (χ0v) is 13.0. The van der Waals surface area contributed by atoms with Gasteiger partial charge in [-0.05, 0) is 36.2 Å². The first-order chi connectivity index (χ1) is 10.5. The molecule has 0 saturated carbocycles. The molecule has 0 radical (unpaired) electrons. The number of carbonyl (C=O) groups is 2. The third kappa shape index (κ3) is 3.91. The quantitative estimate of drug-likeness (QED) is 0.943. The maximum atomic E-state index is 12.5. The molecule has 0 atom stereocenters. The number of aromatic nitrogens is 1. The van der Waals surface area contributed by atoms with Crippen LogP contribution < -0.4 is 5.32 Å². The smallest absolute Gasteiger partial charge is 0.253 e. The molecule has 22 heavy (non-hydrogen) atoms. The van der Waals surface area contributed by atoms with Crippen molar-refractivity contribution in [2.24, 2.45) is 0 Å². The molecule has 0 aliphatic rings. The van der Waals surface area contributed by atoms with Gasteiger partial charge in [0.25, 0.3) is 5.91 Å². The zero-order valence-electron chi connectivity index (χ0n) is 13.0. The van der Waals surface area contributed by atoms with Crippen molar-refractivity contribution in [3.05, 3.63) is 59.4 Å². The van der Waals surface area contributed by atoms with Crippen molar-refractivity contribution in [3.63, 3.8) is 0 Å². The fourth-order valence-electron chi connectivity index (χ4n) is 2.14. The van der Waals surface area contributed by atoms with Crippen LogP contribution in [-0.2, 0) is 11.3 Å². The second kappa shape index (κ2) is 6.85. The van der Waals surface area contributed by atoms with Crippen molar-refractivity contribution in [1.82, 2.24) is 9.88 Å². The van der Waals surface area contributed by atoms with E-state index in [9.17, 15) is 9.59 Å². The summed E-state index contributed by atoms with van der Waals surface area (Å²) < 4.78 is 0. The largest absolute Gasteiger partial charge is 0.337 e. The standard InChI is InChI=1S/C17H19N3O2/c1-12-6-7-15(9-16(12)19-13(2)21)17(22)20(3)11-14-5-4-8-18-10-14/h4-10H,11H2,1-3H3,(H,19,21). The fourth-order valence-corrected chi connectivity index (χ4v) is 2.14. The number of anilines is 1. The summed E-state index contributed by atoms with van der Waals surface area (Å²) in [7, 11) is 1.74. The maximum Gasteiger partial charge on any atom is 0.253 e. The van der Waals surface area contributed by atoms with E-state index in [0.717, 1.165) is 11.1 Å². The van der Waals surface area contributed by atoms with Gasteiger partial charge in [0.2, 0.25) is 5.91 Å². The van der Waals surface area contributed by atoms with Gasteiger partial charge >= 0.3 is 0 Å². The van der Waals surface area contributed by atoms with Crippen LogP contribution in [0.2, 0.25) is 0 Å². The van der Waals surface area contributed by atoms with Crippen LogP contribution in [0.4, 0.5) is 5.69 Å². The molecule has 2 amide bonds. The van der Waals surface area contributed by atoms with Crippen molar-refractivity contribution in [2.75, 3.05) is 12.4 Å². The minimum atomic E-state index is -0.156. The fraction of sp³-hybridized carbons (Fsp3) is 0.235. The van der Waals surface area contributed by atoms with Gasteiger partial charge in [-0.15, -0.1) is 0 Å². The SMILES string of the molecule is CC(=O)Nc1cc(C(=O)N(C)Cc2cccnc2)ccc1C. The molecule has 1 heterocycles. The number of carbonyl (C=O) groups excluding carboxylic acids is 2. The van der Waals surface area contributed by atoms with Gasteiger partial charge in [0.1, 0.15) is 0 Å². The average Bonchev–Trinajstić information content (AvgIpc) is 2.49. The second-order valence-electron chi connectivity index (χ2n) is 5.23. The van der Waals surface area contributed by atoms with Crippen LogP contribution in [0.5, 0.6) is 0 Å². The number of aryl methyl sites for hydroxylation is 1. The van der Waals surface area contributed by atoms with Gasteiger partial charge in [0, 0.05) is 44.2 Å². The van der Waals surface area contributed by atoms with Crippen LogP contribution in [0.1, 0.15) is 28.4 Å². The van der Waals surface area contributed by atoms with E-state index in [2.05, 4.69) is 10.3 Å². The van der Waals surface area contributed by atoms with Crippen molar-refractivity contribution in [3.8, 4) is 0 Å². The number of hydrogen-bond acceptors (Lipinski definition) is 3. The second-order valence-corrected chi connectivity index (χ2v) is 5.23. The van der Waals surface area contributed by atoms with Gasteiger partial charge in [-0.1, -0.05) is 12.1 Å². The van der Waals surface area contributed by atoms with E-state index < -0.39 is 0 Å². The van der Waals surface area contributed by atoms with Crippen molar-refractivity contribution in [2.45, 2.75) is 20.4 Å². The molecular formula is C17H19N3O2. The van der Waals surface area contributed by atoms with E-state index in [0.29, 0.717) is 17.8 Å². The predicted molar refractivity (Wildman–Crippen MR) is 85.5 cm³/mol. The van der Waals surface area contributed by atoms with Crippen molar-refractivity contribution < 1.29 is 9.59 Å². The molecule has 0 spiro atoms. The Balaban J connectivity index is 2.16. The Bertz CT molecular complexity index is 684. The number of nitrogens with one attached hydrogen (secondary N) is 1. The number of benzene rings is 1. The molecule has 0 unspecified atom stereocenters. The number of rotatable bonds is 4. The molecule has 0 bridgehead atoms. The van der Waals surface area contributed by atoms with Crippen molar-refractivity contribution >= 4 is 17.5 Å².